The van der Waals surface area contributed by atoms with Crippen LogP contribution in [0.5, 0.6) is 5.75 Å². The third-order valence-corrected chi connectivity index (χ3v) is 4.94. The lowest BCUT2D eigenvalue weighted by Gasteiger charge is -2.01. The van der Waals surface area contributed by atoms with Crippen molar-refractivity contribution in [2.75, 3.05) is 12.4 Å². The summed E-state index contributed by atoms with van der Waals surface area (Å²) < 4.78 is 5.12. The van der Waals surface area contributed by atoms with E-state index in [1.807, 2.05) is 24.3 Å². The Morgan fingerprint density at radius 3 is 2.38 bits per heavy atom. The molecule has 132 valence electrons. The van der Waals surface area contributed by atoms with Crippen LogP contribution in [0.4, 0.5) is 5.69 Å². The van der Waals surface area contributed by atoms with Crippen molar-refractivity contribution >= 4 is 57.2 Å². The average molecular weight is 406 g/mol. The lowest BCUT2D eigenvalue weighted by molar-refractivity contribution is 0.102. The van der Waals surface area contributed by atoms with Gasteiger partial charge < -0.3 is 10.1 Å². The maximum Gasteiger partial charge on any atom is 0.286 e. The van der Waals surface area contributed by atoms with E-state index in [0.29, 0.717) is 20.7 Å². The van der Waals surface area contributed by atoms with Gasteiger partial charge in [0, 0.05) is 10.7 Å². The number of carbonyl (C=O) groups is 1. The molecule has 0 bridgehead atoms. The number of carbonyl (C=O) groups excluding carboxylic acids is 1. The van der Waals surface area contributed by atoms with Crippen LogP contribution in [0.15, 0.2) is 48.5 Å². The summed E-state index contributed by atoms with van der Waals surface area (Å²) in [5.74, 6) is 0.403. The highest BCUT2D eigenvalue weighted by atomic mass is 35.5. The number of halogens is 2. The molecule has 0 spiro atoms. The molecule has 1 amide bonds. The van der Waals surface area contributed by atoms with Crippen LogP contribution in [0.3, 0.4) is 0 Å². The third kappa shape index (κ3) is 4.60. The molecule has 1 heterocycles. The molecule has 0 aliphatic carbocycles. The number of benzene rings is 2. The molecule has 26 heavy (non-hydrogen) atoms. The lowest BCUT2D eigenvalue weighted by atomic mass is 10.2. The summed E-state index contributed by atoms with van der Waals surface area (Å²) >= 11 is 13.2. The smallest absolute Gasteiger partial charge is 0.286 e. The SMILES string of the molecule is COc1ccc(/C=C(/Cl)c2nnc(C(=O)Nc3ccc(Cl)cc3)s2)cc1. The Morgan fingerprint density at radius 2 is 1.73 bits per heavy atom. The zero-order valence-corrected chi connectivity index (χ0v) is 15.9. The maximum atomic E-state index is 12.3. The Labute approximate surface area is 164 Å². The summed E-state index contributed by atoms with van der Waals surface area (Å²) in [6, 6.07) is 14.2. The Hall–Kier alpha value is -2.41. The zero-order valence-electron chi connectivity index (χ0n) is 13.6. The fraction of sp³-hybridized carbons (Fsp3) is 0.0556. The van der Waals surface area contributed by atoms with Crippen LogP contribution >= 0.6 is 34.5 Å². The van der Waals surface area contributed by atoms with Crippen LogP contribution in [0.2, 0.25) is 5.02 Å². The fourth-order valence-electron chi connectivity index (χ4n) is 2.04. The molecule has 0 atom stereocenters. The molecule has 3 rings (SSSR count). The Balaban J connectivity index is 1.72. The van der Waals surface area contributed by atoms with Gasteiger partial charge >= 0.3 is 0 Å². The number of hydrogen-bond donors (Lipinski definition) is 1. The second-order valence-corrected chi connectivity index (χ2v) is 6.96. The van der Waals surface area contributed by atoms with E-state index in [0.717, 1.165) is 22.6 Å². The molecule has 0 aliphatic rings. The number of rotatable bonds is 5. The lowest BCUT2D eigenvalue weighted by Crippen LogP contribution is -2.11. The van der Waals surface area contributed by atoms with Gasteiger partial charge in [-0.2, -0.15) is 0 Å². The van der Waals surface area contributed by atoms with E-state index in [4.69, 9.17) is 27.9 Å². The maximum absolute atomic E-state index is 12.3. The summed E-state index contributed by atoms with van der Waals surface area (Å²) in [7, 11) is 1.61. The number of aromatic nitrogens is 2. The van der Waals surface area contributed by atoms with Gasteiger partial charge in [-0.25, -0.2) is 0 Å². The zero-order chi connectivity index (χ0) is 18.5. The molecule has 1 aromatic heterocycles. The van der Waals surface area contributed by atoms with Crippen molar-refractivity contribution < 1.29 is 9.53 Å². The van der Waals surface area contributed by atoms with Crippen molar-refractivity contribution in [1.29, 1.82) is 0 Å². The molecule has 1 N–H and O–H groups in total. The van der Waals surface area contributed by atoms with Gasteiger partial charge in [-0.05, 0) is 48.0 Å². The number of nitrogens with one attached hydrogen (secondary N) is 1. The molecule has 8 heteroatoms. The second kappa shape index (κ2) is 8.31. The molecule has 0 saturated carbocycles. The van der Waals surface area contributed by atoms with Crippen molar-refractivity contribution in [2.45, 2.75) is 0 Å². The summed E-state index contributed by atoms with van der Waals surface area (Å²) in [5, 5.41) is 12.3. The van der Waals surface area contributed by atoms with Gasteiger partial charge in [-0.15, -0.1) is 10.2 Å². The first kappa shape index (κ1) is 18.4. The predicted molar refractivity (Wildman–Crippen MR) is 106 cm³/mol. The molecule has 0 unspecified atom stereocenters. The fourth-order valence-corrected chi connectivity index (χ4v) is 3.09. The number of ether oxygens (including phenoxy) is 1. The van der Waals surface area contributed by atoms with E-state index < -0.39 is 0 Å². The first-order valence-corrected chi connectivity index (χ1v) is 9.04. The number of anilines is 1. The molecule has 2 aromatic carbocycles. The average Bonchev–Trinajstić information content (AvgIpc) is 3.15. The molecular formula is C18H13Cl2N3O2S. The summed E-state index contributed by atoms with van der Waals surface area (Å²) in [6.45, 7) is 0. The van der Waals surface area contributed by atoms with E-state index >= 15 is 0 Å². The van der Waals surface area contributed by atoms with Gasteiger partial charge in [0.15, 0.2) is 5.01 Å². The van der Waals surface area contributed by atoms with E-state index in [-0.39, 0.29) is 10.9 Å². The van der Waals surface area contributed by atoms with Gasteiger partial charge in [0.05, 0.1) is 12.1 Å². The quantitative estimate of drug-likeness (QED) is 0.634. The number of methoxy groups -OCH3 is 1. The molecule has 3 aromatic rings. The minimum Gasteiger partial charge on any atom is -0.497 e. The number of hydrogen-bond acceptors (Lipinski definition) is 5. The standard InChI is InChI=1S/C18H13Cl2N3O2S/c1-25-14-8-2-11(3-9-14)10-15(20)17-22-23-18(26-17)16(24)21-13-6-4-12(19)5-7-13/h2-10H,1H3,(H,21,24)/b15-10+. The molecule has 0 radical (unpaired) electrons. The van der Waals surface area contributed by atoms with E-state index in [1.165, 1.54) is 0 Å². The van der Waals surface area contributed by atoms with Crippen molar-refractivity contribution in [3.63, 3.8) is 0 Å². The molecule has 0 aliphatic heterocycles. The van der Waals surface area contributed by atoms with Crippen molar-refractivity contribution in [3.8, 4) is 5.75 Å². The van der Waals surface area contributed by atoms with Crippen LogP contribution < -0.4 is 10.1 Å². The largest absolute Gasteiger partial charge is 0.497 e. The Bertz CT molecular complexity index is 938. The minimum absolute atomic E-state index is 0.219. The number of nitrogens with zero attached hydrogens (tertiary/aromatic N) is 2. The van der Waals surface area contributed by atoms with E-state index in [9.17, 15) is 4.79 Å². The van der Waals surface area contributed by atoms with Crippen LogP contribution in [0.1, 0.15) is 20.4 Å². The Kier molecular flexibility index (Phi) is 5.88. The highest BCUT2D eigenvalue weighted by molar-refractivity contribution is 7.15. The highest BCUT2D eigenvalue weighted by Gasteiger charge is 2.15. The minimum atomic E-state index is -0.356. The van der Waals surface area contributed by atoms with Crippen LogP contribution in [-0.2, 0) is 0 Å². The van der Waals surface area contributed by atoms with Gasteiger partial charge in [0.25, 0.3) is 5.91 Å². The molecular weight excluding hydrogens is 393 g/mol. The van der Waals surface area contributed by atoms with E-state index in [2.05, 4.69) is 15.5 Å². The molecule has 5 nitrogen and oxygen atoms in total. The van der Waals surface area contributed by atoms with E-state index in [1.54, 1.807) is 37.5 Å². The highest BCUT2D eigenvalue weighted by Crippen LogP contribution is 2.26. The first-order chi connectivity index (χ1) is 12.5. The summed E-state index contributed by atoms with van der Waals surface area (Å²) in [5.41, 5.74) is 1.51. The topological polar surface area (TPSA) is 64.1 Å². The van der Waals surface area contributed by atoms with Crippen LogP contribution in [0.25, 0.3) is 11.1 Å². The normalized spacial score (nSPS) is 11.3. The van der Waals surface area contributed by atoms with Gasteiger partial charge in [0.2, 0.25) is 5.01 Å². The van der Waals surface area contributed by atoms with Crippen molar-refractivity contribution in [3.05, 3.63) is 69.1 Å². The first-order valence-electron chi connectivity index (χ1n) is 7.47. The van der Waals surface area contributed by atoms with Gasteiger partial charge in [-0.3, -0.25) is 4.79 Å². The second-order valence-electron chi connectivity index (χ2n) is 5.14. The van der Waals surface area contributed by atoms with Crippen molar-refractivity contribution in [2.24, 2.45) is 0 Å². The molecule has 0 fully saturated rings. The monoisotopic (exact) mass is 405 g/mol. The Morgan fingerprint density at radius 1 is 1.08 bits per heavy atom. The number of amides is 1. The van der Waals surface area contributed by atoms with Crippen LogP contribution in [-0.4, -0.2) is 23.2 Å². The van der Waals surface area contributed by atoms with Crippen LogP contribution in [0, 0.1) is 0 Å². The predicted octanol–water partition coefficient (Wildman–Crippen LogP) is 5.19. The molecule has 0 saturated heterocycles. The van der Waals surface area contributed by atoms with Gasteiger partial charge in [0.1, 0.15) is 5.75 Å². The third-order valence-electron chi connectivity index (χ3n) is 3.33. The summed E-state index contributed by atoms with van der Waals surface area (Å²) in [4.78, 5) is 12.3. The summed E-state index contributed by atoms with van der Waals surface area (Å²) in [6.07, 6.45) is 1.75. The van der Waals surface area contributed by atoms with Crippen molar-refractivity contribution in [1.82, 2.24) is 10.2 Å². The van der Waals surface area contributed by atoms with Gasteiger partial charge in [-0.1, -0.05) is 46.7 Å².